The van der Waals surface area contributed by atoms with Gasteiger partial charge in [0, 0.05) is 6.42 Å². The largest absolute Gasteiger partial charge is 0.412 e. The van der Waals surface area contributed by atoms with Crippen molar-refractivity contribution in [3.63, 3.8) is 0 Å². The van der Waals surface area contributed by atoms with E-state index < -0.39 is 6.04 Å². The number of nitriles is 1. The Kier molecular flexibility index (Phi) is 9.86. The molecule has 2 N–H and O–H groups in total. The highest BCUT2D eigenvalue weighted by Gasteiger charge is 2.02. The van der Waals surface area contributed by atoms with Crippen LogP contribution in [0.25, 0.3) is 0 Å². The highest BCUT2D eigenvalue weighted by Crippen LogP contribution is 1.94. The van der Waals surface area contributed by atoms with Gasteiger partial charge in [0.2, 0.25) is 12.2 Å². The molecule has 0 aliphatic heterocycles. The second-order valence-electron chi connectivity index (χ2n) is 1.63. The van der Waals surface area contributed by atoms with E-state index in [1.165, 1.54) is 12.2 Å². The number of hydrogen-bond acceptors (Lipinski definition) is 5. The molecule has 0 aliphatic carbocycles. The molecule has 0 aromatic rings. The number of isocyanates is 2. The highest BCUT2D eigenvalue weighted by atomic mass is 16.1. The molecule has 0 amide bonds. The van der Waals surface area contributed by atoms with Gasteiger partial charge in [-0.2, -0.15) is 10.3 Å². The first-order valence-corrected chi connectivity index (χ1v) is 2.85. The molecule has 6 heteroatoms. The third kappa shape index (κ3) is 6.33. The van der Waals surface area contributed by atoms with Crippen molar-refractivity contribution < 1.29 is 15.1 Å². The van der Waals surface area contributed by atoms with Crippen LogP contribution in [0.1, 0.15) is 6.42 Å². The molecule has 1 atom stereocenters. The fourth-order valence-corrected chi connectivity index (χ4v) is 0.454. The van der Waals surface area contributed by atoms with Crippen molar-refractivity contribution in [1.29, 1.82) is 5.26 Å². The minimum atomic E-state index is -0.746. The van der Waals surface area contributed by atoms with Gasteiger partial charge in [-0.3, -0.25) is 0 Å². The predicted octanol–water partition coefficient (Wildman–Crippen LogP) is -0.884. The second kappa shape index (κ2) is 9.21. The summed E-state index contributed by atoms with van der Waals surface area (Å²) in [4.78, 5) is 25.6. The van der Waals surface area contributed by atoms with E-state index in [-0.39, 0.29) is 18.4 Å². The maximum Gasteiger partial charge on any atom is 0.236 e. The Morgan fingerprint density at radius 1 is 1.33 bits per heavy atom. The SMILES string of the molecule is N#CC(CCN=C=O)N=C=O.O. The van der Waals surface area contributed by atoms with Gasteiger partial charge in [0.05, 0.1) is 12.6 Å². The maximum atomic E-state index is 9.66. The van der Waals surface area contributed by atoms with Gasteiger partial charge in [-0.15, -0.1) is 0 Å². The third-order valence-corrected chi connectivity index (χ3v) is 0.936. The standard InChI is InChI=1S/C6H5N3O2.H2O/c7-3-6(9-5-11)1-2-8-4-10;/h6H,1-2H2;1H2. The summed E-state index contributed by atoms with van der Waals surface area (Å²) in [6.07, 6.45) is 2.82. The van der Waals surface area contributed by atoms with E-state index in [1.54, 1.807) is 6.07 Å². The predicted molar refractivity (Wildman–Crippen MR) is 38.7 cm³/mol. The van der Waals surface area contributed by atoms with E-state index in [0.29, 0.717) is 0 Å². The Morgan fingerprint density at radius 2 is 2.00 bits per heavy atom. The molecule has 0 heterocycles. The highest BCUT2D eigenvalue weighted by molar-refractivity contribution is 5.35. The van der Waals surface area contributed by atoms with Gasteiger partial charge in [-0.1, -0.05) is 0 Å². The average molecular weight is 169 g/mol. The fraction of sp³-hybridized carbons (Fsp3) is 0.500. The van der Waals surface area contributed by atoms with E-state index in [2.05, 4.69) is 9.98 Å². The van der Waals surface area contributed by atoms with Gasteiger partial charge >= 0.3 is 0 Å². The van der Waals surface area contributed by atoms with Gasteiger partial charge in [0.1, 0.15) is 0 Å². The molecule has 0 saturated carbocycles. The number of aliphatic imine (C=N–C) groups is 2. The van der Waals surface area contributed by atoms with Crippen LogP contribution in [0.2, 0.25) is 0 Å². The molecular weight excluding hydrogens is 162 g/mol. The molecule has 0 radical (unpaired) electrons. The number of carbonyl (C=O) groups excluding carboxylic acids is 2. The lowest BCUT2D eigenvalue weighted by molar-refractivity contribution is 0.558. The molecule has 0 bridgehead atoms. The molecule has 0 spiro atoms. The van der Waals surface area contributed by atoms with E-state index in [9.17, 15) is 9.59 Å². The Hall–Kier alpha value is -1.79. The van der Waals surface area contributed by atoms with E-state index in [0.717, 1.165) is 0 Å². The minimum Gasteiger partial charge on any atom is -0.412 e. The lowest BCUT2D eigenvalue weighted by atomic mass is 10.2. The molecule has 12 heavy (non-hydrogen) atoms. The first kappa shape index (κ1) is 12.8. The van der Waals surface area contributed by atoms with Crippen LogP contribution in [0.3, 0.4) is 0 Å². The molecule has 0 aromatic carbocycles. The van der Waals surface area contributed by atoms with Crippen LogP contribution in [0.15, 0.2) is 9.98 Å². The van der Waals surface area contributed by atoms with E-state index in [1.807, 2.05) is 0 Å². The normalized spacial score (nSPS) is 9.25. The summed E-state index contributed by atoms with van der Waals surface area (Å²) in [6.45, 7) is 0.160. The van der Waals surface area contributed by atoms with Crippen molar-refractivity contribution in [1.82, 2.24) is 0 Å². The topological polar surface area (TPSA) is 114 Å². The van der Waals surface area contributed by atoms with E-state index in [4.69, 9.17) is 5.26 Å². The number of rotatable bonds is 4. The fourth-order valence-electron chi connectivity index (χ4n) is 0.454. The Labute approximate surface area is 68.6 Å². The lowest BCUT2D eigenvalue weighted by Crippen LogP contribution is -2.01. The summed E-state index contributed by atoms with van der Waals surface area (Å²) < 4.78 is 0. The van der Waals surface area contributed by atoms with Crippen molar-refractivity contribution in [2.75, 3.05) is 6.54 Å². The number of hydrogen-bond donors (Lipinski definition) is 0. The Balaban J connectivity index is 0. The van der Waals surface area contributed by atoms with Gasteiger partial charge in [-0.25, -0.2) is 14.6 Å². The first-order chi connectivity index (χ1) is 5.35. The quantitative estimate of drug-likeness (QED) is 0.401. The number of nitrogens with zero attached hydrogens (tertiary/aromatic N) is 3. The van der Waals surface area contributed by atoms with Crippen LogP contribution in [-0.4, -0.2) is 30.2 Å². The van der Waals surface area contributed by atoms with Crippen LogP contribution < -0.4 is 0 Å². The molecule has 1 unspecified atom stereocenters. The van der Waals surface area contributed by atoms with Crippen molar-refractivity contribution >= 4 is 12.2 Å². The van der Waals surface area contributed by atoms with Gasteiger partial charge in [-0.05, 0) is 0 Å². The third-order valence-electron chi connectivity index (χ3n) is 0.936. The zero-order chi connectivity index (χ0) is 8.53. The van der Waals surface area contributed by atoms with Gasteiger partial charge in [0.25, 0.3) is 0 Å². The summed E-state index contributed by atoms with van der Waals surface area (Å²) in [5, 5.41) is 8.29. The van der Waals surface area contributed by atoms with Gasteiger partial charge in [0.15, 0.2) is 6.04 Å². The second-order valence-corrected chi connectivity index (χ2v) is 1.63. The van der Waals surface area contributed by atoms with Crippen LogP contribution in [0.5, 0.6) is 0 Å². The summed E-state index contributed by atoms with van der Waals surface area (Å²) in [7, 11) is 0. The summed E-state index contributed by atoms with van der Waals surface area (Å²) in [5.74, 6) is 0. The lowest BCUT2D eigenvalue weighted by Gasteiger charge is -1.93. The molecule has 0 rings (SSSR count). The molecule has 0 fully saturated rings. The summed E-state index contributed by atoms with van der Waals surface area (Å²) >= 11 is 0. The maximum absolute atomic E-state index is 9.66. The Bertz CT molecular complexity index is 245. The summed E-state index contributed by atoms with van der Waals surface area (Å²) in [6, 6.07) is 0.997. The van der Waals surface area contributed by atoms with Gasteiger partial charge < -0.3 is 5.48 Å². The minimum absolute atomic E-state index is 0. The Morgan fingerprint density at radius 3 is 2.42 bits per heavy atom. The van der Waals surface area contributed by atoms with Crippen molar-refractivity contribution in [3.8, 4) is 6.07 Å². The zero-order valence-corrected chi connectivity index (χ0v) is 6.15. The molecule has 0 saturated heterocycles. The van der Waals surface area contributed by atoms with Crippen LogP contribution in [0.4, 0.5) is 0 Å². The molecule has 64 valence electrons. The zero-order valence-electron chi connectivity index (χ0n) is 6.15. The molecule has 6 nitrogen and oxygen atoms in total. The van der Waals surface area contributed by atoms with E-state index >= 15 is 0 Å². The van der Waals surface area contributed by atoms with Crippen LogP contribution >= 0.6 is 0 Å². The van der Waals surface area contributed by atoms with Crippen molar-refractivity contribution in [2.45, 2.75) is 12.5 Å². The van der Waals surface area contributed by atoms with Crippen molar-refractivity contribution in [2.24, 2.45) is 9.98 Å². The van der Waals surface area contributed by atoms with Crippen LogP contribution in [-0.2, 0) is 9.59 Å². The van der Waals surface area contributed by atoms with Crippen molar-refractivity contribution in [3.05, 3.63) is 0 Å². The molecular formula is C6H7N3O3. The smallest absolute Gasteiger partial charge is 0.236 e. The first-order valence-electron chi connectivity index (χ1n) is 2.85. The average Bonchev–Trinajstić information content (AvgIpc) is 2.03. The molecule has 0 aliphatic rings. The van der Waals surface area contributed by atoms with Crippen LogP contribution in [0, 0.1) is 11.3 Å². The monoisotopic (exact) mass is 169 g/mol. The summed E-state index contributed by atoms with van der Waals surface area (Å²) in [5.41, 5.74) is 0. The molecule has 0 aromatic heterocycles.